The molecule has 0 fully saturated rings. The summed E-state index contributed by atoms with van der Waals surface area (Å²) in [5.41, 5.74) is 6.44. The fourth-order valence-electron chi connectivity index (χ4n) is 3.02. The van der Waals surface area contributed by atoms with Gasteiger partial charge in [0.1, 0.15) is 23.2 Å². The summed E-state index contributed by atoms with van der Waals surface area (Å²) in [7, 11) is 0. The van der Waals surface area contributed by atoms with Crippen LogP contribution in [0.15, 0.2) is 45.6 Å². The van der Waals surface area contributed by atoms with Crippen molar-refractivity contribution in [2.75, 3.05) is 0 Å². The average Bonchev–Trinajstić information content (AvgIpc) is 2.88. The molecule has 1 aliphatic heterocycles. The molecule has 5 heteroatoms. The highest BCUT2D eigenvalue weighted by Crippen LogP contribution is 2.47. The number of ether oxygens (including phenoxy) is 1. The topological polar surface area (TPSA) is 89.2 Å². The van der Waals surface area contributed by atoms with E-state index in [-0.39, 0.29) is 22.7 Å². The number of nitriles is 1. The molecule has 0 bridgehead atoms. The molecule has 0 saturated heterocycles. The number of furan rings is 1. The predicted molar refractivity (Wildman–Crippen MR) is 74.4 cm³/mol. The molecule has 2 aliphatic rings. The molecule has 3 rings (SSSR count). The maximum Gasteiger partial charge on any atom is 0.205 e. The summed E-state index contributed by atoms with van der Waals surface area (Å²) in [5, 5.41) is 9.37. The van der Waals surface area contributed by atoms with E-state index in [2.05, 4.69) is 0 Å². The van der Waals surface area contributed by atoms with Crippen molar-refractivity contribution in [1.82, 2.24) is 0 Å². The number of carbonyl (C=O) groups is 1. The quantitative estimate of drug-likeness (QED) is 0.856. The van der Waals surface area contributed by atoms with Gasteiger partial charge in [-0.3, -0.25) is 4.79 Å². The Morgan fingerprint density at radius 3 is 2.81 bits per heavy atom. The molecule has 0 amide bonds. The number of ketones is 1. The van der Waals surface area contributed by atoms with Gasteiger partial charge in [0.2, 0.25) is 5.88 Å². The van der Waals surface area contributed by atoms with Crippen LogP contribution in [-0.4, -0.2) is 5.78 Å². The Bertz CT molecular complexity index is 702. The minimum Gasteiger partial charge on any atom is -0.468 e. The molecular formula is C16H16N2O3. The van der Waals surface area contributed by atoms with Gasteiger partial charge in [-0.1, -0.05) is 13.8 Å². The van der Waals surface area contributed by atoms with Crippen LogP contribution in [0.5, 0.6) is 0 Å². The van der Waals surface area contributed by atoms with Gasteiger partial charge in [0, 0.05) is 18.4 Å². The van der Waals surface area contributed by atoms with E-state index in [0.29, 0.717) is 29.9 Å². The highest BCUT2D eigenvalue weighted by atomic mass is 16.5. The van der Waals surface area contributed by atoms with Crippen LogP contribution < -0.4 is 5.73 Å². The SMILES string of the molecule is CC1(C)CC(=O)C2=C(C1)OC(N)=C(C#N)[C@H]2c1ccco1. The molecule has 5 nitrogen and oxygen atoms in total. The lowest BCUT2D eigenvalue weighted by Crippen LogP contribution is -2.33. The van der Waals surface area contributed by atoms with E-state index >= 15 is 0 Å². The van der Waals surface area contributed by atoms with Crippen LogP contribution in [0.25, 0.3) is 0 Å². The highest BCUT2D eigenvalue weighted by Gasteiger charge is 2.43. The highest BCUT2D eigenvalue weighted by molar-refractivity contribution is 5.99. The van der Waals surface area contributed by atoms with Crippen molar-refractivity contribution in [2.24, 2.45) is 11.1 Å². The first-order valence-corrected chi connectivity index (χ1v) is 6.80. The monoisotopic (exact) mass is 284 g/mol. The van der Waals surface area contributed by atoms with Crippen LogP contribution in [0, 0.1) is 16.7 Å². The normalized spacial score (nSPS) is 24.4. The fraction of sp³-hybridized carbons (Fsp3) is 0.375. The molecule has 0 unspecified atom stereocenters. The molecule has 1 aromatic rings. The molecule has 21 heavy (non-hydrogen) atoms. The number of allylic oxidation sites excluding steroid dienone is 3. The van der Waals surface area contributed by atoms with Crippen molar-refractivity contribution < 1.29 is 13.9 Å². The maximum atomic E-state index is 12.6. The molecule has 1 aliphatic carbocycles. The van der Waals surface area contributed by atoms with Crippen molar-refractivity contribution in [3.63, 3.8) is 0 Å². The van der Waals surface area contributed by atoms with Gasteiger partial charge >= 0.3 is 0 Å². The summed E-state index contributed by atoms with van der Waals surface area (Å²) >= 11 is 0. The second kappa shape index (κ2) is 4.52. The molecule has 1 aromatic heterocycles. The Morgan fingerprint density at radius 2 is 2.19 bits per heavy atom. The van der Waals surface area contributed by atoms with E-state index in [1.54, 1.807) is 12.1 Å². The number of hydrogen-bond acceptors (Lipinski definition) is 5. The number of nitrogens with two attached hydrogens (primary N) is 1. The molecule has 0 radical (unpaired) electrons. The Hall–Kier alpha value is -2.48. The van der Waals surface area contributed by atoms with Gasteiger partial charge in [-0.15, -0.1) is 0 Å². The number of Topliss-reactive ketones (excluding diaryl/α,β-unsaturated/α-hetero) is 1. The summed E-state index contributed by atoms with van der Waals surface area (Å²) in [6.45, 7) is 4.03. The van der Waals surface area contributed by atoms with Gasteiger partial charge in [-0.05, 0) is 17.5 Å². The average molecular weight is 284 g/mol. The van der Waals surface area contributed by atoms with E-state index in [9.17, 15) is 10.1 Å². The first-order valence-electron chi connectivity index (χ1n) is 6.80. The third-order valence-corrected chi connectivity index (χ3v) is 3.90. The largest absolute Gasteiger partial charge is 0.468 e. The smallest absolute Gasteiger partial charge is 0.205 e. The molecule has 0 spiro atoms. The second-order valence-corrected chi connectivity index (χ2v) is 6.22. The Labute approximate surface area is 122 Å². The first kappa shape index (κ1) is 13.5. The minimum atomic E-state index is -0.558. The standard InChI is InChI=1S/C16H16N2O3/c1-16(2)6-10(19)14-12(7-16)21-15(18)9(8-17)13(14)11-4-3-5-20-11/h3-5,13H,6-7,18H2,1-2H3/t13-/m0/s1. The first-order chi connectivity index (χ1) is 9.93. The molecule has 2 N–H and O–H groups in total. The summed E-state index contributed by atoms with van der Waals surface area (Å²) < 4.78 is 11.0. The van der Waals surface area contributed by atoms with Crippen molar-refractivity contribution >= 4 is 5.78 Å². The van der Waals surface area contributed by atoms with E-state index in [1.807, 2.05) is 19.9 Å². The van der Waals surface area contributed by atoms with E-state index < -0.39 is 5.92 Å². The van der Waals surface area contributed by atoms with Gasteiger partial charge in [0.05, 0.1) is 12.2 Å². The lowest BCUT2D eigenvalue weighted by molar-refractivity contribution is -0.119. The fourth-order valence-corrected chi connectivity index (χ4v) is 3.02. The van der Waals surface area contributed by atoms with Crippen LogP contribution in [0.3, 0.4) is 0 Å². The summed E-state index contributed by atoms with van der Waals surface area (Å²) in [4.78, 5) is 12.6. The molecule has 0 aromatic carbocycles. The van der Waals surface area contributed by atoms with Crippen molar-refractivity contribution in [1.29, 1.82) is 5.26 Å². The zero-order valence-corrected chi connectivity index (χ0v) is 12.0. The lowest BCUT2D eigenvalue weighted by atomic mass is 9.71. The van der Waals surface area contributed by atoms with Crippen molar-refractivity contribution in [3.8, 4) is 6.07 Å². The second-order valence-electron chi connectivity index (χ2n) is 6.22. The van der Waals surface area contributed by atoms with Gasteiger partial charge in [-0.25, -0.2) is 0 Å². The number of hydrogen-bond donors (Lipinski definition) is 1. The number of rotatable bonds is 1. The van der Waals surface area contributed by atoms with Gasteiger partial charge in [-0.2, -0.15) is 5.26 Å². The Kier molecular flexibility index (Phi) is 2.91. The number of nitrogens with zero attached hydrogens (tertiary/aromatic N) is 1. The summed E-state index contributed by atoms with van der Waals surface area (Å²) in [6.07, 6.45) is 2.56. The molecule has 108 valence electrons. The zero-order chi connectivity index (χ0) is 15.2. The van der Waals surface area contributed by atoms with Crippen molar-refractivity contribution in [2.45, 2.75) is 32.6 Å². The van der Waals surface area contributed by atoms with Gasteiger partial charge in [0.25, 0.3) is 0 Å². The van der Waals surface area contributed by atoms with Crippen LogP contribution in [0.2, 0.25) is 0 Å². The van der Waals surface area contributed by atoms with E-state index in [4.69, 9.17) is 14.9 Å². The van der Waals surface area contributed by atoms with E-state index in [1.165, 1.54) is 6.26 Å². The third-order valence-electron chi connectivity index (χ3n) is 3.90. The Balaban J connectivity index is 2.17. The molecule has 0 saturated carbocycles. The maximum absolute atomic E-state index is 12.6. The van der Waals surface area contributed by atoms with Crippen molar-refractivity contribution in [3.05, 3.63) is 46.9 Å². The molecule has 2 heterocycles. The number of carbonyl (C=O) groups excluding carboxylic acids is 1. The van der Waals surface area contributed by atoms with E-state index in [0.717, 1.165) is 0 Å². The Morgan fingerprint density at radius 1 is 1.43 bits per heavy atom. The van der Waals surface area contributed by atoms with Gasteiger partial charge < -0.3 is 14.9 Å². The van der Waals surface area contributed by atoms with Crippen LogP contribution in [-0.2, 0) is 9.53 Å². The minimum absolute atomic E-state index is 0.0112. The third kappa shape index (κ3) is 2.13. The van der Waals surface area contributed by atoms with Gasteiger partial charge in [0.15, 0.2) is 5.78 Å². The molecular weight excluding hydrogens is 268 g/mol. The van der Waals surface area contributed by atoms with Crippen LogP contribution in [0.1, 0.15) is 38.4 Å². The lowest BCUT2D eigenvalue weighted by Gasteiger charge is -2.36. The van der Waals surface area contributed by atoms with Crippen LogP contribution >= 0.6 is 0 Å². The summed E-state index contributed by atoms with van der Waals surface area (Å²) in [6, 6.07) is 5.53. The zero-order valence-electron chi connectivity index (χ0n) is 12.0. The van der Waals surface area contributed by atoms with Crippen LogP contribution in [0.4, 0.5) is 0 Å². The molecule has 1 atom stereocenters. The summed E-state index contributed by atoms with van der Waals surface area (Å²) in [5.74, 6) is 0.593. The predicted octanol–water partition coefficient (Wildman–Crippen LogP) is 2.73.